The SMILES string of the molecule is CC(=O)NCCOCCOCCNc1ncccc1-c1ccc2c(c1)CC(=O)N2. The lowest BCUT2D eigenvalue weighted by molar-refractivity contribution is -0.119. The number of carbonyl (C=O) groups is 2. The molecule has 1 aliphatic heterocycles. The van der Waals surface area contributed by atoms with Gasteiger partial charge in [0.1, 0.15) is 5.82 Å². The van der Waals surface area contributed by atoms with Crippen LogP contribution in [0.15, 0.2) is 36.5 Å². The topological polar surface area (TPSA) is 102 Å². The lowest BCUT2D eigenvalue weighted by atomic mass is 10.0. The Morgan fingerprint density at radius 1 is 1.14 bits per heavy atom. The van der Waals surface area contributed by atoms with Gasteiger partial charge in [-0.05, 0) is 35.4 Å². The standard InChI is InChI=1S/C21H26N4O4/c1-15(26)22-7-9-28-11-12-29-10-8-24-21-18(3-2-6-23-21)16-4-5-19-17(13-16)14-20(27)25-19/h2-6,13H,7-12,14H2,1H3,(H,22,26)(H,23,24)(H,25,27). The van der Waals surface area contributed by atoms with Crippen LogP contribution in [0.25, 0.3) is 11.1 Å². The van der Waals surface area contributed by atoms with Gasteiger partial charge in [0, 0.05) is 37.5 Å². The fourth-order valence-electron chi connectivity index (χ4n) is 3.04. The van der Waals surface area contributed by atoms with Crippen LogP contribution in [0.1, 0.15) is 12.5 Å². The number of hydrogen-bond donors (Lipinski definition) is 3. The van der Waals surface area contributed by atoms with E-state index < -0.39 is 0 Å². The van der Waals surface area contributed by atoms with E-state index in [9.17, 15) is 9.59 Å². The molecule has 0 fully saturated rings. The minimum atomic E-state index is -0.0603. The summed E-state index contributed by atoms with van der Waals surface area (Å²) in [5.41, 5.74) is 3.88. The lowest BCUT2D eigenvalue weighted by Crippen LogP contribution is -2.25. The molecule has 3 N–H and O–H groups in total. The number of amides is 2. The molecule has 1 aromatic carbocycles. The van der Waals surface area contributed by atoms with Gasteiger partial charge in [-0.3, -0.25) is 9.59 Å². The predicted octanol–water partition coefficient (Wildman–Crippen LogP) is 1.82. The van der Waals surface area contributed by atoms with Crippen molar-refractivity contribution in [3.8, 4) is 11.1 Å². The third kappa shape index (κ3) is 6.27. The molecule has 0 bridgehead atoms. The molecule has 0 atom stereocenters. The number of nitrogens with zero attached hydrogens (tertiary/aromatic N) is 1. The zero-order chi connectivity index (χ0) is 20.5. The number of aromatic nitrogens is 1. The molecule has 8 heteroatoms. The van der Waals surface area contributed by atoms with Gasteiger partial charge in [0.2, 0.25) is 11.8 Å². The second-order valence-corrected chi connectivity index (χ2v) is 6.63. The van der Waals surface area contributed by atoms with Gasteiger partial charge < -0.3 is 25.4 Å². The van der Waals surface area contributed by atoms with E-state index in [4.69, 9.17) is 9.47 Å². The molecule has 0 radical (unpaired) electrons. The minimum absolute atomic E-state index is 0.0259. The van der Waals surface area contributed by atoms with E-state index in [-0.39, 0.29) is 11.8 Å². The van der Waals surface area contributed by atoms with Gasteiger partial charge >= 0.3 is 0 Å². The molecule has 1 aliphatic rings. The van der Waals surface area contributed by atoms with Crippen molar-refractivity contribution in [3.05, 3.63) is 42.1 Å². The molecule has 1 aromatic heterocycles. The van der Waals surface area contributed by atoms with Crippen LogP contribution in [0.4, 0.5) is 11.5 Å². The highest BCUT2D eigenvalue weighted by molar-refractivity contribution is 5.99. The largest absolute Gasteiger partial charge is 0.377 e. The third-order valence-electron chi connectivity index (χ3n) is 4.38. The molecule has 0 aliphatic carbocycles. The highest BCUT2D eigenvalue weighted by Crippen LogP contribution is 2.31. The van der Waals surface area contributed by atoms with Crippen LogP contribution >= 0.6 is 0 Å². The van der Waals surface area contributed by atoms with Crippen molar-refractivity contribution in [1.82, 2.24) is 10.3 Å². The molecule has 0 unspecified atom stereocenters. The number of benzene rings is 1. The molecular weight excluding hydrogens is 372 g/mol. The van der Waals surface area contributed by atoms with Crippen molar-refractivity contribution in [1.29, 1.82) is 0 Å². The Hall–Kier alpha value is -2.97. The van der Waals surface area contributed by atoms with Crippen LogP contribution in [-0.4, -0.2) is 56.3 Å². The van der Waals surface area contributed by atoms with Gasteiger partial charge in [-0.1, -0.05) is 6.07 Å². The van der Waals surface area contributed by atoms with E-state index >= 15 is 0 Å². The summed E-state index contributed by atoms with van der Waals surface area (Å²) in [6.45, 7) is 4.56. The summed E-state index contributed by atoms with van der Waals surface area (Å²) in [6.07, 6.45) is 2.15. The first-order valence-corrected chi connectivity index (χ1v) is 9.65. The lowest BCUT2D eigenvalue weighted by Gasteiger charge is -2.12. The second kappa shape index (κ2) is 10.5. The number of nitrogens with one attached hydrogen (secondary N) is 3. The van der Waals surface area contributed by atoms with E-state index in [1.54, 1.807) is 6.20 Å². The van der Waals surface area contributed by atoms with Gasteiger partial charge in [0.25, 0.3) is 0 Å². The van der Waals surface area contributed by atoms with Crippen LogP contribution in [0, 0.1) is 0 Å². The Kier molecular flexibility index (Phi) is 7.54. The Labute approximate surface area is 170 Å². The fourth-order valence-corrected chi connectivity index (χ4v) is 3.04. The van der Waals surface area contributed by atoms with Crippen LogP contribution in [0.3, 0.4) is 0 Å². The molecule has 2 heterocycles. The molecule has 2 aromatic rings. The summed E-state index contributed by atoms with van der Waals surface area (Å²) in [5, 5.41) is 8.82. The van der Waals surface area contributed by atoms with Crippen LogP contribution < -0.4 is 16.0 Å². The molecule has 0 saturated heterocycles. The monoisotopic (exact) mass is 398 g/mol. The maximum Gasteiger partial charge on any atom is 0.228 e. The average molecular weight is 398 g/mol. The molecule has 0 saturated carbocycles. The quantitative estimate of drug-likeness (QED) is 0.499. The summed E-state index contributed by atoms with van der Waals surface area (Å²) in [5.74, 6) is 0.743. The predicted molar refractivity (Wildman–Crippen MR) is 111 cm³/mol. The Balaban J connectivity index is 1.42. The van der Waals surface area contributed by atoms with E-state index in [0.29, 0.717) is 45.9 Å². The van der Waals surface area contributed by atoms with Crippen LogP contribution in [-0.2, 0) is 25.5 Å². The highest BCUT2D eigenvalue weighted by atomic mass is 16.5. The van der Waals surface area contributed by atoms with Gasteiger partial charge in [-0.2, -0.15) is 0 Å². The maximum absolute atomic E-state index is 11.6. The molecule has 2 amide bonds. The van der Waals surface area contributed by atoms with Crippen molar-refractivity contribution >= 4 is 23.3 Å². The van der Waals surface area contributed by atoms with Gasteiger partial charge in [0.15, 0.2) is 0 Å². The van der Waals surface area contributed by atoms with Gasteiger partial charge in [0.05, 0.1) is 32.8 Å². The van der Waals surface area contributed by atoms with Crippen molar-refractivity contribution < 1.29 is 19.1 Å². The molecular formula is C21H26N4O4. The van der Waals surface area contributed by atoms with Crippen molar-refractivity contribution in [2.75, 3.05) is 50.2 Å². The number of rotatable bonds is 11. The number of carbonyl (C=O) groups excluding carboxylic acids is 2. The summed E-state index contributed by atoms with van der Waals surface area (Å²) in [4.78, 5) is 26.7. The first kappa shape index (κ1) is 20.8. The molecule has 8 nitrogen and oxygen atoms in total. The first-order valence-electron chi connectivity index (χ1n) is 9.65. The van der Waals surface area contributed by atoms with E-state index in [0.717, 1.165) is 28.2 Å². The van der Waals surface area contributed by atoms with Crippen molar-refractivity contribution in [3.63, 3.8) is 0 Å². The van der Waals surface area contributed by atoms with Gasteiger partial charge in [-0.25, -0.2) is 4.98 Å². The molecule has 29 heavy (non-hydrogen) atoms. The fraction of sp³-hybridized carbons (Fsp3) is 0.381. The number of ether oxygens (including phenoxy) is 2. The smallest absolute Gasteiger partial charge is 0.228 e. The first-order chi connectivity index (χ1) is 14.1. The van der Waals surface area contributed by atoms with Crippen LogP contribution in [0.5, 0.6) is 0 Å². The Morgan fingerprint density at radius 2 is 1.93 bits per heavy atom. The minimum Gasteiger partial charge on any atom is -0.377 e. The zero-order valence-corrected chi connectivity index (χ0v) is 16.5. The second-order valence-electron chi connectivity index (χ2n) is 6.63. The third-order valence-corrected chi connectivity index (χ3v) is 4.38. The maximum atomic E-state index is 11.6. The van der Waals surface area contributed by atoms with E-state index in [2.05, 4.69) is 20.9 Å². The number of pyridine rings is 1. The highest BCUT2D eigenvalue weighted by Gasteiger charge is 2.18. The van der Waals surface area contributed by atoms with E-state index in [1.165, 1.54) is 6.92 Å². The number of hydrogen-bond acceptors (Lipinski definition) is 6. The summed E-state index contributed by atoms with van der Waals surface area (Å²) in [6, 6.07) is 9.85. The summed E-state index contributed by atoms with van der Waals surface area (Å²) in [7, 11) is 0. The molecule has 3 rings (SSSR count). The average Bonchev–Trinajstić information content (AvgIpc) is 3.08. The van der Waals surface area contributed by atoms with Crippen molar-refractivity contribution in [2.45, 2.75) is 13.3 Å². The Bertz CT molecular complexity index is 856. The van der Waals surface area contributed by atoms with Crippen molar-refractivity contribution in [2.24, 2.45) is 0 Å². The molecule has 154 valence electrons. The molecule has 0 spiro atoms. The Morgan fingerprint density at radius 3 is 2.72 bits per heavy atom. The normalized spacial score (nSPS) is 12.4. The summed E-state index contributed by atoms with van der Waals surface area (Å²) < 4.78 is 10.9. The zero-order valence-electron chi connectivity index (χ0n) is 16.5. The van der Waals surface area contributed by atoms with Crippen LogP contribution in [0.2, 0.25) is 0 Å². The number of anilines is 2. The van der Waals surface area contributed by atoms with E-state index in [1.807, 2.05) is 30.3 Å². The number of fused-ring (bicyclic) bond motifs is 1. The summed E-state index contributed by atoms with van der Waals surface area (Å²) >= 11 is 0. The van der Waals surface area contributed by atoms with Gasteiger partial charge in [-0.15, -0.1) is 0 Å².